The Labute approximate surface area is 142 Å². The number of carbonyl (C=O) groups excluding carboxylic acids is 1. The first-order valence-corrected chi connectivity index (χ1v) is 8.31. The Morgan fingerprint density at radius 3 is 2.59 bits per heavy atom. The van der Waals surface area contributed by atoms with Crippen LogP contribution in [0.5, 0.6) is 0 Å². The summed E-state index contributed by atoms with van der Waals surface area (Å²) in [6, 6.07) is 13.7. The highest BCUT2D eigenvalue weighted by atomic mass is 79.9. The SMILES string of the molecule is CN1CCN2C(=O)c3ccc(Br)cc3C12c1ccc(Cl)cc1. The van der Waals surface area contributed by atoms with E-state index in [9.17, 15) is 4.79 Å². The summed E-state index contributed by atoms with van der Waals surface area (Å²) in [5.74, 6) is 0.0989. The molecule has 22 heavy (non-hydrogen) atoms. The fourth-order valence-corrected chi connectivity index (χ4v) is 4.22. The van der Waals surface area contributed by atoms with Gasteiger partial charge < -0.3 is 4.90 Å². The van der Waals surface area contributed by atoms with E-state index in [1.54, 1.807) is 0 Å². The maximum atomic E-state index is 12.8. The van der Waals surface area contributed by atoms with Gasteiger partial charge in [-0.15, -0.1) is 0 Å². The molecule has 2 aromatic rings. The van der Waals surface area contributed by atoms with E-state index in [2.05, 4.69) is 33.9 Å². The van der Waals surface area contributed by atoms with Crippen molar-refractivity contribution in [2.75, 3.05) is 20.1 Å². The molecule has 1 fully saturated rings. The van der Waals surface area contributed by atoms with E-state index in [0.717, 1.165) is 34.3 Å². The zero-order chi connectivity index (χ0) is 15.5. The molecule has 1 atom stereocenters. The van der Waals surface area contributed by atoms with Crippen LogP contribution in [-0.4, -0.2) is 35.8 Å². The van der Waals surface area contributed by atoms with Gasteiger partial charge in [-0.2, -0.15) is 0 Å². The molecule has 2 heterocycles. The van der Waals surface area contributed by atoms with E-state index in [0.29, 0.717) is 5.02 Å². The quantitative estimate of drug-likeness (QED) is 0.756. The largest absolute Gasteiger partial charge is 0.311 e. The highest BCUT2D eigenvalue weighted by Crippen LogP contribution is 2.49. The molecular weight excluding hydrogens is 364 g/mol. The lowest BCUT2D eigenvalue weighted by Gasteiger charge is -2.38. The summed E-state index contributed by atoms with van der Waals surface area (Å²) in [7, 11) is 2.07. The van der Waals surface area contributed by atoms with E-state index < -0.39 is 5.66 Å². The lowest BCUT2D eigenvalue weighted by molar-refractivity contribution is 0.0527. The number of fused-ring (bicyclic) bond motifs is 3. The molecule has 5 heteroatoms. The van der Waals surface area contributed by atoms with Crippen LogP contribution in [0.4, 0.5) is 0 Å². The summed E-state index contributed by atoms with van der Waals surface area (Å²) in [5.41, 5.74) is 2.36. The monoisotopic (exact) mass is 376 g/mol. The van der Waals surface area contributed by atoms with Crippen molar-refractivity contribution in [3.05, 3.63) is 68.7 Å². The van der Waals surface area contributed by atoms with Gasteiger partial charge in [0.1, 0.15) is 5.66 Å². The fourth-order valence-electron chi connectivity index (χ4n) is 3.73. The predicted octanol–water partition coefficient (Wildman–Crippen LogP) is 3.70. The van der Waals surface area contributed by atoms with Crippen LogP contribution in [-0.2, 0) is 5.66 Å². The normalized spacial score (nSPS) is 23.8. The Bertz CT molecular complexity index is 777. The highest BCUT2D eigenvalue weighted by Gasteiger charge is 2.56. The van der Waals surface area contributed by atoms with Crippen LogP contribution in [0.15, 0.2) is 46.9 Å². The van der Waals surface area contributed by atoms with Crippen LogP contribution in [0.25, 0.3) is 0 Å². The molecule has 0 radical (unpaired) electrons. The molecule has 1 unspecified atom stereocenters. The number of halogens is 2. The zero-order valence-electron chi connectivity index (χ0n) is 12.0. The predicted molar refractivity (Wildman–Crippen MR) is 90.0 cm³/mol. The Balaban J connectivity index is 2.04. The number of nitrogens with zero attached hydrogens (tertiary/aromatic N) is 2. The molecule has 2 aromatic carbocycles. The Hall–Kier alpha value is -1.36. The van der Waals surface area contributed by atoms with Crippen LogP contribution in [0, 0.1) is 0 Å². The maximum absolute atomic E-state index is 12.8. The molecule has 0 N–H and O–H groups in total. The number of carbonyl (C=O) groups is 1. The summed E-state index contributed by atoms with van der Waals surface area (Å²) in [6.45, 7) is 1.57. The molecule has 3 nitrogen and oxygen atoms in total. The van der Waals surface area contributed by atoms with Gasteiger partial charge in [-0.1, -0.05) is 39.7 Å². The van der Waals surface area contributed by atoms with E-state index in [-0.39, 0.29) is 5.91 Å². The third kappa shape index (κ3) is 1.69. The molecule has 1 saturated heterocycles. The Kier molecular flexibility index (Phi) is 3.12. The van der Waals surface area contributed by atoms with Gasteiger partial charge in [0.2, 0.25) is 0 Å². The van der Waals surface area contributed by atoms with Crippen LogP contribution >= 0.6 is 27.5 Å². The smallest absolute Gasteiger partial charge is 0.256 e. The summed E-state index contributed by atoms with van der Waals surface area (Å²) >= 11 is 9.59. The summed E-state index contributed by atoms with van der Waals surface area (Å²) in [6.07, 6.45) is 0. The molecular formula is C17H14BrClN2O. The minimum Gasteiger partial charge on any atom is -0.311 e. The lowest BCUT2D eigenvalue weighted by Crippen LogP contribution is -2.47. The second-order valence-corrected chi connectivity index (χ2v) is 7.10. The van der Waals surface area contributed by atoms with Crippen LogP contribution in [0.3, 0.4) is 0 Å². The molecule has 2 aliphatic heterocycles. The van der Waals surface area contributed by atoms with Crippen molar-refractivity contribution in [3.8, 4) is 0 Å². The average molecular weight is 378 g/mol. The summed E-state index contributed by atoms with van der Waals surface area (Å²) in [4.78, 5) is 17.0. The van der Waals surface area contributed by atoms with Crippen molar-refractivity contribution in [1.29, 1.82) is 0 Å². The van der Waals surface area contributed by atoms with E-state index in [1.165, 1.54) is 0 Å². The number of likely N-dealkylation sites (N-methyl/N-ethyl adjacent to an activating group) is 1. The number of hydrogen-bond acceptors (Lipinski definition) is 2. The van der Waals surface area contributed by atoms with Crippen LogP contribution in [0.1, 0.15) is 21.5 Å². The van der Waals surface area contributed by atoms with Gasteiger partial charge in [0.05, 0.1) is 0 Å². The lowest BCUT2D eigenvalue weighted by atomic mass is 9.90. The maximum Gasteiger partial charge on any atom is 0.256 e. The third-order valence-electron chi connectivity index (χ3n) is 4.68. The first-order valence-electron chi connectivity index (χ1n) is 7.14. The van der Waals surface area contributed by atoms with Crippen LogP contribution < -0.4 is 0 Å². The molecule has 0 bridgehead atoms. The van der Waals surface area contributed by atoms with Gasteiger partial charge in [-0.05, 0) is 42.9 Å². The van der Waals surface area contributed by atoms with Crippen molar-refractivity contribution in [1.82, 2.24) is 9.80 Å². The summed E-state index contributed by atoms with van der Waals surface area (Å²) in [5, 5.41) is 0.700. The van der Waals surface area contributed by atoms with Crippen molar-refractivity contribution >= 4 is 33.4 Å². The molecule has 0 aliphatic carbocycles. The number of benzene rings is 2. The fraction of sp³-hybridized carbons (Fsp3) is 0.235. The van der Waals surface area contributed by atoms with Gasteiger partial charge in [-0.3, -0.25) is 9.69 Å². The third-order valence-corrected chi connectivity index (χ3v) is 5.43. The van der Waals surface area contributed by atoms with Gasteiger partial charge in [0.25, 0.3) is 5.91 Å². The van der Waals surface area contributed by atoms with E-state index >= 15 is 0 Å². The molecule has 112 valence electrons. The highest BCUT2D eigenvalue weighted by molar-refractivity contribution is 9.10. The van der Waals surface area contributed by atoms with Crippen molar-refractivity contribution in [2.45, 2.75) is 5.66 Å². The van der Waals surface area contributed by atoms with Gasteiger partial charge in [0, 0.05) is 33.7 Å². The topological polar surface area (TPSA) is 23.6 Å². The minimum absolute atomic E-state index is 0.0989. The number of amides is 1. The summed E-state index contributed by atoms with van der Waals surface area (Å²) < 4.78 is 0.981. The van der Waals surface area contributed by atoms with Gasteiger partial charge in [-0.25, -0.2) is 0 Å². The first kappa shape index (κ1) is 14.2. The first-order chi connectivity index (χ1) is 10.5. The van der Waals surface area contributed by atoms with Gasteiger partial charge in [0.15, 0.2) is 0 Å². The average Bonchev–Trinajstić information content (AvgIpc) is 2.96. The van der Waals surface area contributed by atoms with Crippen molar-refractivity contribution in [3.63, 3.8) is 0 Å². The Morgan fingerprint density at radius 2 is 1.86 bits per heavy atom. The van der Waals surface area contributed by atoms with Crippen molar-refractivity contribution < 1.29 is 4.79 Å². The molecule has 0 saturated carbocycles. The van der Waals surface area contributed by atoms with Gasteiger partial charge >= 0.3 is 0 Å². The van der Waals surface area contributed by atoms with E-state index in [4.69, 9.17) is 11.6 Å². The molecule has 4 rings (SSSR count). The Morgan fingerprint density at radius 1 is 1.14 bits per heavy atom. The van der Waals surface area contributed by atoms with E-state index in [1.807, 2.05) is 41.3 Å². The van der Waals surface area contributed by atoms with Crippen molar-refractivity contribution in [2.24, 2.45) is 0 Å². The zero-order valence-corrected chi connectivity index (χ0v) is 14.4. The molecule has 0 spiro atoms. The molecule has 1 amide bonds. The molecule has 2 aliphatic rings. The molecule has 0 aromatic heterocycles. The van der Waals surface area contributed by atoms with Crippen LogP contribution in [0.2, 0.25) is 5.02 Å². The minimum atomic E-state index is -0.527. The number of hydrogen-bond donors (Lipinski definition) is 0. The number of rotatable bonds is 1. The second kappa shape index (κ2) is 4.82. The second-order valence-electron chi connectivity index (χ2n) is 5.75. The standard InChI is InChI=1S/C17H14BrClN2O/c1-20-8-9-21-16(22)14-7-4-12(18)10-15(14)17(20,21)11-2-5-13(19)6-3-11/h2-7,10H,8-9H2,1H3.